The second-order valence-electron chi connectivity index (χ2n) is 3.18. The van der Waals surface area contributed by atoms with Crippen LogP contribution >= 0.6 is 0 Å². The first-order valence-electron chi connectivity index (χ1n) is 4.85. The molecule has 0 unspecified atom stereocenters. The maximum absolute atomic E-state index is 5.28. The number of aromatic nitrogens is 2. The molecule has 2 rings (SSSR count). The summed E-state index contributed by atoms with van der Waals surface area (Å²) in [5.74, 6) is 1.52. The quantitative estimate of drug-likeness (QED) is 0.788. The molecule has 1 aromatic carbocycles. The third-order valence-electron chi connectivity index (χ3n) is 2.25. The lowest BCUT2D eigenvalue weighted by atomic mass is 10.1. The van der Waals surface area contributed by atoms with Crippen LogP contribution in [-0.2, 0) is 0 Å². The molecule has 0 amide bonds. The molecule has 0 aliphatic carbocycles. The average molecular weight is 216 g/mol. The van der Waals surface area contributed by atoms with E-state index in [0.29, 0.717) is 0 Å². The van der Waals surface area contributed by atoms with Crippen molar-refractivity contribution < 1.29 is 9.47 Å². The van der Waals surface area contributed by atoms with Crippen LogP contribution in [0.5, 0.6) is 11.5 Å². The third-order valence-corrected chi connectivity index (χ3v) is 2.25. The highest BCUT2D eigenvalue weighted by Gasteiger charge is 2.08. The predicted octanol–water partition coefficient (Wildman–Crippen LogP) is 2.16. The molecular weight excluding hydrogens is 204 g/mol. The van der Waals surface area contributed by atoms with Gasteiger partial charge in [-0.2, -0.15) is 10.2 Å². The summed E-state index contributed by atoms with van der Waals surface area (Å²) in [5, 5.41) is 7.89. The summed E-state index contributed by atoms with van der Waals surface area (Å²) in [5.41, 5.74) is 1.63. The Labute approximate surface area is 93.9 Å². The van der Waals surface area contributed by atoms with Crippen molar-refractivity contribution in [1.82, 2.24) is 10.2 Å². The van der Waals surface area contributed by atoms with E-state index in [1.165, 1.54) is 0 Å². The molecule has 0 aliphatic heterocycles. The van der Waals surface area contributed by atoms with Gasteiger partial charge in [0.05, 0.1) is 19.9 Å². The molecular formula is C12H12N2O2. The van der Waals surface area contributed by atoms with Gasteiger partial charge >= 0.3 is 0 Å². The van der Waals surface area contributed by atoms with Crippen molar-refractivity contribution in [2.45, 2.75) is 0 Å². The number of rotatable bonds is 3. The van der Waals surface area contributed by atoms with Crippen LogP contribution in [0.1, 0.15) is 0 Å². The van der Waals surface area contributed by atoms with E-state index in [0.717, 1.165) is 22.8 Å². The van der Waals surface area contributed by atoms with Crippen LogP contribution in [0, 0.1) is 0 Å². The number of ether oxygens (including phenoxy) is 2. The average Bonchev–Trinajstić information content (AvgIpc) is 2.39. The number of hydrogen-bond acceptors (Lipinski definition) is 4. The van der Waals surface area contributed by atoms with Crippen LogP contribution in [0.15, 0.2) is 36.5 Å². The molecule has 1 aromatic heterocycles. The molecule has 1 heterocycles. The molecule has 0 radical (unpaired) electrons. The molecule has 0 N–H and O–H groups in total. The molecule has 16 heavy (non-hydrogen) atoms. The predicted molar refractivity (Wildman–Crippen MR) is 60.6 cm³/mol. The fourth-order valence-electron chi connectivity index (χ4n) is 1.46. The smallest absolute Gasteiger partial charge is 0.128 e. The Bertz CT molecular complexity index is 472. The third kappa shape index (κ3) is 1.95. The van der Waals surface area contributed by atoms with E-state index in [4.69, 9.17) is 9.47 Å². The van der Waals surface area contributed by atoms with E-state index >= 15 is 0 Å². The summed E-state index contributed by atoms with van der Waals surface area (Å²) in [4.78, 5) is 0. The normalized spacial score (nSPS) is 9.88. The molecule has 0 atom stereocenters. The Kier molecular flexibility index (Phi) is 3.00. The van der Waals surface area contributed by atoms with Crippen molar-refractivity contribution in [3.63, 3.8) is 0 Å². The van der Waals surface area contributed by atoms with E-state index in [9.17, 15) is 0 Å². The van der Waals surface area contributed by atoms with Crippen LogP contribution < -0.4 is 9.47 Å². The van der Waals surface area contributed by atoms with Gasteiger partial charge < -0.3 is 9.47 Å². The fraction of sp³-hybridized carbons (Fsp3) is 0.167. The number of methoxy groups -OCH3 is 2. The second-order valence-corrected chi connectivity index (χ2v) is 3.18. The summed E-state index contributed by atoms with van der Waals surface area (Å²) in [6.07, 6.45) is 1.64. The molecule has 82 valence electrons. The first kappa shape index (κ1) is 10.4. The van der Waals surface area contributed by atoms with E-state index in [1.807, 2.05) is 30.3 Å². The standard InChI is InChI=1S/C12H12N2O2/c1-15-9-5-6-12(16-2)10(8-9)11-4-3-7-13-14-11/h3-8H,1-2H3. The van der Waals surface area contributed by atoms with Gasteiger partial charge in [-0.3, -0.25) is 0 Å². The zero-order valence-corrected chi connectivity index (χ0v) is 9.18. The molecule has 0 aliphatic rings. The lowest BCUT2D eigenvalue weighted by Crippen LogP contribution is -1.92. The molecule has 0 spiro atoms. The minimum Gasteiger partial charge on any atom is -0.497 e. The molecule has 0 bridgehead atoms. The van der Waals surface area contributed by atoms with Crippen molar-refractivity contribution in [1.29, 1.82) is 0 Å². The van der Waals surface area contributed by atoms with Crippen LogP contribution in [0.25, 0.3) is 11.3 Å². The van der Waals surface area contributed by atoms with E-state index < -0.39 is 0 Å². The highest BCUT2D eigenvalue weighted by atomic mass is 16.5. The molecule has 0 saturated carbocycles. The van der Waals surface area contributed by atoms with E-state index in [1.54, 1.807) is 20.4 Å². The molecule has 2 aromatic rings. The highest BCUT2D eigenvalue weighted by Crippen LogP contribution is 2.31. The van der Waals surface area contributed by atoms with E-state index in [-0.39, 0.29) is 0 Å². The number of hydrogen-bond donors (Lipinski definition) is 0. The first-order chi connectivity index (χ1) is 7.85. The zero-order chi connectivity index (χ0) is 11.4. The summed E-state index contributed by atoms with van der Waals surface area (Å²) < 4.78 is 10.4. The Morgan fingerprint density at radius 1 is 1.06 bits per heavy atom. The summed E-state index contributed by atoms with van der Waals surface area (Å²) in [6, 6.07) is 9.29. The SMILES string of the molecule is COc1ccc(OC)c(-c2cccnn2)c1. The largest absolute Gasteiger partial charge is 0.497 e. The van der Waals surface area contributed by atoms with Crippen LogP contribution in [-0.4, -0.2) is 24.4 Å². The molecule has 0 fully saturated rings. The summed E-state index contributed by atoms with van der Waals surface area (Å²) >= 11 is 0. The Balaban J connectivity index is 2.53. The van der Waals surface area contributed by atoms with Crippen molar-refractivity contribution in [2.75, 3.05) is 14.2 Å². The number of benzene rings is 1. The Morgan fingerprint density at radius 2 is 1.94 bits per heavy atom. The lowest BCUT2D eigenvalue weighted by Gasteiger charge is -2.09. The van der Waals surface area contributed by atoms with Crippen LogP contribution in [0.2, 0.25) is 0 Å². The van der Waals surface area contributed by atoms with Gasteiger partial charge in [-0.25, -0.2) is 0 Å². The minimum absolute atomic E-state index is 0.751. The Hall–Kier alpha value is -2.10. The molecule has 4 heteroatoms. The summed E-state index contributed by atoms with van der Waals surface area (Å²) in [7, 11) is 3.25. The van der Waals surface area contributed by atoms with Crippen molar-refractivity contribution in [3.8, 4) is 22.8 Å². The molecule has 4 nitrogen and oxygen atoms in total. The van der Waals surface area contributed by atoms with Gasteiger partial charge in [0.1, 0.15) is 11.5 Å². The first-order valence-corrected chi connectivity index (χ1v) is 4.85. The van der Waals surface area contributed by atoms with Gasteiger partial charge in [0.2, 0.25) is 0 Å². The number of nitrogens with zero attached hydrogens (tertiary/aromatic N) is 2. The van der Waals surface area contributed by atoms with Gasteiger partial charge in [0, 0.05) is 11.8 Å². The van der Waals surface area contributed by atoms with Crippen LogP contribution in [0.4, 0.5) is 0 Å². The zero-order valence-electron chi connectivity index (χ0n) is 9.18. The van der Waals surface area contributed by atoms with Gasteiger partial charge in [0.25, 0.3) is 0 Å². The van der Waals surface area contributed by atoms with Gasteiger partial charge in [-0.05, 0) is 30.3 Å². The highest BCUT2D eigenvalue weighted by molar-refractivity contribution is 5.68. The monoisotopic (exact) mass is 216 g/mol. The molecule has 0 saturated heterocycles. The minimum atomic E-state index is 0.751. The maximum Gasteiger partial charge on any atom is 0.128 e. The van der Waals surface area contributed by atoms with Crippen molar-refractivity contribution in [2.24, 2.45) is 0 Å². The van der Waals surface area contributed by atoms with Crippen LogP contribution in [0.3, 0.4) is 0 Å². The fourth-order valence-corrected chi connectivity index (χ4v) is 1.46. The topological polar surface area (TPSA) is 44.2 Å². The second kappa shape index (κ2) is 4.61. The Morgan fingerprint density at radius 3 is 2.56 bits per heavy atom. The van der Waals surface area contributed by atoms with E-state index in [2.05, 4.69) is 10.2 Å². The summed E-state index contributed by atoms with van der Waals surface area (Å²) in [6.45, 7) is 0. The van der Waals surface area contributed by atoms with Gasteiger partial charge in [-0.15, -0.1) is 0 Å². The van der Waals surface area contributed by atoms with Gasteiger partial charge in [-0.1, -0.05) is 0 Å². The lowest BCUT2D eigenvalue weighted by molar-refractivity contribution is 0.404. The van der Waals surface area contributed by atoms with Gasteiger partial charge in [0.15, 0.2) is 0 Å². The van der Waals surface area contributed by atoms with Crippen molar-refractivity contribution in [3.05, 3.63) is 36.5 Å². The van der Waals surface area contributed by atoms with Crippen molar-refractivity contribution >= 4 is 0 Å². The maximum atomic E-state index is 5.28.